The van der Waals surface area contributed by atoms with Crippen LogP contribution in [0.4, 0.5) is 14.5 Å². The molecular formula is C11H8F2N2O5S. The Morgan fingerprint density at radius 2 is 2.00 bits per heavy atom. The largest absolute Gasteiger partial charge is 0.480 e. The average molecular weight is 318 g/mol. The molecule has 2 rings (SSSR count). The molecule has 0 aliphatic carbocycles. The van der Waals surface area contributed by atoms with Crippen LogP contribution in [-0.4, -0.2) is 44.5 Å². The number of benzene rings is 1. The van der Waals surface area contributed by atoms with Crippen LogP contribution in [0, 0.1) is 21.7 Å². The summed E-state index contributed by atoms with van der Waals surface area (Å²) >= 11 is 1.15. The van der Waals surface area contributed by atoms with E-state index in [0.717, 1.165) is 16.7 Å². The quantitative estimate of drug-likeness (QED) is 0.669. The van der Waals surface area contributed by atoms with Crippen LogP contribution in [0.3, 0.4) is 0 Å². The van der Waals surface area contributed by atoms with Crippen molar-refractivity contribution in [3.8, 4) is 0 Å². The Morgan fingerprint density at radius 3 is 2.57 bits per heavy atom. The van der Waals surface area contributed by atoms with Crippen molar-refractivity contribution in [3.05, 3.63) is 39.4 Å². The third-order valence-corrected chi connectivity index (χ3v) is 3.91. The van der Waals surface area contributed by atoms with E-state index in [1.165, 1.54) is 0 Å². The summed E-state index contributed by atoms with van der Waals surface area (Å²) < 4.78 is 26.3. The number of carboxylic acids is 1. The predicted molar refractivity (Wildman–Crippen MR) is 67.9 cm³/mol. The second-order valence-corrected chi connectivity index (χ2v) is 5.17. The number of amides is 1. The lowest BCUT2D eigenvalue weighted by atomic mass is 10.1. The first-order valence-electron chi connectivity index (χ1n) is 5.58. The molecule has 1 aliphatic heterocycles. The molecule has 1 aromatic rings. The van der Waals surface area contributed by atoms with Gasteiger partial charge in [-0.25, -0.2) is 13.6 Å². The number of carbonyl (C=O) groups is 2. The monoisotopic (exact) mass is 318 g/mol. The number of nitrogens with zero attached hydrogens (tertiary/aromatic N) is 2. The third kappa shape index (κ3) is 2.79. The Morgan fingerprint density at radius 1 is 1.38 bits per heavy atom. The second kappa shape index (κ2) is 5.64. The molecule has 0 bridgehead atoms. The molecular weight excluding hydrogens is 310 g/mol. The van der Waals surface area contributed by atoms with E-state index in [1.54, 1.807) is 0 Å². The maximum absolute atomic E-state index is 13.2. The number of nitro groups is 1. The minimum absolute atomic E-state index is 0.00590. The Bertz CT molecular complexity index is 639. The van der Waals surface area contributed by atoms with Gasteiger partial charge in [-0.3, -0.25) is 14.9 Å². The summed E-state index contributed by atoms with van der Waals surface area (Å²) in [6.45, 7) is 0. The van der Waals surface area contributed by atoms with Crippen molar-refractivity contribution in [2.75, 3.05) is 11.6 Å². The fraction of sp³-hybridized carbons (Fsp3) is 0.273. The molecule has 1 saturated heterocycles. The molecule has 1 atom stereocenters. The lowest BCUT2D eigenvalue weighted by Gasteiger charge is -2.20. The molecule has 0 aromatic heterocycles. The molecule has 10 heteroatoms. The summed E-state index contributed by atoms with van der Waals surface area (Å²) in [6, 6.07) is -0.436. The van der Waals surface area contributed by atoms with E-state index in [9.17, 15) is 28.5 Å². The minimum atomic E-state index is -1.45. The van der Waals surface area contributed by atoms with Crippen LogP contribution in [0.2, 0.25) is 0 Å². The lowest BCUT2D eigenvalue weighted by molar-refractivity contribution is -0.385. The Kier molecular flexibility index (Phi) is 4.07. The first kappa shape index (κ1) is 15.2. The summed E-state index contributed by atoms with van der Waals surface area (Å²) in [7, 11) is 0. The van der Waals surface area contributed by atoms with Crippen LogP contribution in [0.25, 0.3) is 0 Å². The van der Waals surface area contributed by atoms with Gasteiger partial charge in [-0.1, -0.05) is 0 Å². The number of hydrogen-bond donors (Lipinski definition) is 1. The fourth-order valence-electron chi connectivity index (χ4n) is 1.86. The molecule has 0 spiro atoms. The van der Waals surface area contributed by atoms with E-state index in [1.807, 2.05) is 0 Å². The van der Waals surface area contributed by atoms with Crippen molar-refractivity contribution >= 4 is 29.3 Å². The smallest absolute Gasteiger partial charge is 0.327 e. The molecule has 0 unspecified atom stereocenters. The molecule has 1 heterocycles. The van der Waals surface area contributed by atoms with Crippen molar-refractivity contribution in [2.24, 2.45) is 0 Å². The molecule has 0 radical (unpaired) electrons. The van der Waals surface area contributed by atoms with Gasteiger partial charge in [0.05, 0.1) is 16.9 Å². The Balaban J connectivity index is 2.45. The molecule has 21 heavy (non-hydrogen) atoms. The van der Waals surface area contributed by atoms with Crippen LogP contribution < -0.4 is 0 Å². The van der Waals surface area contributed by atoms with Crippen LogP contribution in [0.1, 0.15) is 10.4 Å². The summed E-state index contributed by atoms with van der Waals surface area (Å²) in [5.74, 6) is -5.02. The number of aliphatic carboxylic acids is 1. The predicted octanol–water partition coefficient (Wildman–Crippen LogP) is 1.47. The maximum atomic E-state index is 13.2. The van der Waals surface area contributed by atoms with Gasteiger partial charge in [0.15, 0.2) is 11.6 Å². The fourth-order valence-corrected chi connectivity index (χ4v) is 3.01. The first-order valence-corrected chi connectivity index (χ1v) is 6.73. The highest BCUT2D eigenvalue weighted by Crippen LogP contribution is 2.28. The molecule has 1 fully saturated rings. The van der Waals surface area contributed by atoms with Crippen LogP contribution >= 0.6 is 11.8 Å². The number of halogens is 2. The lowest BCUT2D eigenvalue weighted by Crippen LogP contribution is -2.42. The average Bonchev–Trinajstić information content (AvgIpc) is 2.89. The van der Waals surface area contributed by atoms with Gasteiger partial charge in [-0.2, -0.15) is 0 Å². The van der Waals surface area contributed by atoms with Crippen molar-refractivity contribution in [3.63, 3.8) is 0 Å². The standard InChI is InChI=1S/C11H8F2N2O5S/c12-6-1-5(8(15(19)20)2-7(6)13)10(16)14-4-21-3-9(14)11(17)18/h1-2,9H,3-4H2,(H,17,18)/t9-/m0/s1. The summed E-state index contributed by atoms with van der Waals surface area (Å²) in [6.07, 6.45) is 0. The molecule has 112 valence electrons. The van der Waals surface area contributed by atoms with Crippen molar-refractivity contribution in [1.82, 2.24) is 4.90 Å². The highest BCUT2D eigenvalue weighted by molar-refractivity contribution is 7.99. The summed E-state index contributed by atoms with van der Waals surface area (Å²) in [5, 5.41) is 19.8. The van der Waals surface area contributed by atoms with Crippen molar-refractivity contribution in [2.45, 2.75) is 6.04 Å². The number of hydrogen-bond acceptors (Lipinski definition) is 5. The van der Waals surface area contributed by atoms with Gasteiger partial charge in [0.1, 0.15) is 11.6 Å². The first-order chi connectivity index (χ1) is 9.82. The van der Waals surface area contributed by atoms with Gasteiger partial charge in [0.25, 0.3) is 11.6 Å². The molecule has 1 aliphatic rings. The Hall–Kier alpha value is -2.23. The molecule has 1 N–H and O–H groups in total. The van der Waals surface area contributed by atoms with Gasteiger partial charge in [0, 0.05) is 5.75 Å². The van der Waals surface area contributed by atoms with Gasteiger partial charge < -0.3 is 10.0 Å². The van der Waals surface area contributed by atoms with E-state index in [-0.39, 0.29) is 11.6 Å². The summed E-state index contributed by atoms with van der Waals surface area (Å²) in [5.41, 5.74) is -1.58. The zero-order valence-corrected chi connectivity index (χ0v) is 11.1. The molecule has 1 aromatic carbocycles. The second-order valence-electron chi connectivity index (χ2n) is 4.17. The van der Waals surface area contributed by atoms with Crippen molar-refractivity contribution in [1.29, 1.82) is 0 Å². The Labute approximate surface area is 120 Å². The van der Waals surface area contributed by atoms with E-state index >= 15 is 0 Å². The number of rotatable bonds is 3. The summed E-state index contributed by atoms with van der Waals surface area (Å²) in [4.78, 5) is 33.9. The zero-order chi connectivity index (χ0) is 15.7. The van der Waals surface area contributed by atoms with Crippen LogP contribution in [0.15, 0.2) is 12.1 Å². The SMILES string of the molecule is O=C(O)[C@@H]1CSCN1C(=O)c1cc(F)c(F)cc1[N+](=O)[O-]. The highest BCUT2D eigenvalue weighted by Gasteiger charge is 2.37. The maximum Gasteiger partial charge on any atom is 0.327 e. The third-order valence-electron chi connectivity index (χ3n) is 2.89. The zero-order valence-electron chi connectivity index (χ0n) is 10.3. The van der Waals surface area contributed by atoms with Crippen molar-refractivity contribution < 1.29 is 28.4 Å². The van der Waals surface area contributed by atoms with Gasteiger partial charge in [0.2, 0.25) is 0 Å². The van der Waals surface area contributed by atoms with E-state index in [4.69, 9.17) is 5.11 Å². The number of carboxylic acid groups (broad SMARTS) is 1. The van der Waals surface area contributed by atoms with Crippen LogP contribution in [-0.2, 0) is 4.79 Å². The van der Waals surface area contributed by atoms with E-state index in [2.05, 4.69) is 0 Å². The van der Waals surface area contributed by atoms with E-state index in [0.29, 0.717) is 12.1 Å². The minimum Gasteiger partial charge on any atom is -0.480 e. The normalized spacial score (nSPS) is 17.8. The highest BCUT2D eigenvalue weighted by atomic mass is 32.2. The molecule has 1 amide bonds. The molecule has 7 nitrogen and oxygen atoms in total. The topological polar surface area (TPSA) is 101 Å². The van der Waals surface area contributed by atoms with Gasteiger partial charge in [-0.15, -0.1) is 11.8 Å². The van der Waals surface area contributed by atoms with E-state index < -0.39 is 45.7 Å². The van der Waals surface area contributed by atoms with Gasteiger partial charge in [-0.05, 0) is 6.07 Å². The number of carbonyl (C=O) groups excluding carboxylic acids is 1. The van der Waals surface area contributed by atoms with Gasteiger partial charge >= 0.3 is 5.97 Å². The van der Waals surface area contributed by atoms with Crippen LogP contribution in [0.5, 0.6) is 0 Å². The molecule has 0 saturated carbocycles. The number of nitro benzene ring substituents is 1. The number of thioether (sulfide) groups is 1.